The van der Waals surface area contributed by atoms with Gasteiger partial charge in [-0.3, -0.25) is 4.79 Å². The smallest absolute Gasteiger partial charge is 0.223 e. The minimum Gasteiger partial charge on any atom is -0.355 e. The van der Waals surface area contributed by atoms with Crippen molar-refractivity contribution >= 4 is 5.91 Å². The number of rotatable bonds is 4. The van der Waals surface area contributed by atoms with E-state index in [1.807, 2.05) is 0 Å². The number of piperidine rings is 1. The lowest BCUT2D eigenvalue weighted by molar-refractivity contribution is -0.126. The molecule has 0 radical (unpaired) electrons. The first-order chi connectivity index (χ1) is 8.76. The van der Waals surface area contributed by atoms with Gasteiger partial charge in [-0.05, 0) is 50.6 Å². The van der Waals surface area contributed by atoms with Gasteiger partial charge in [-0.15, -0.1) is 0 Å². The fourth-order valence-electron chi connectivity index (χ4n) is 3.40. The Kier molecular flexibility index (Phi) is 5.04. The maximum Gasteiger partial charge on any atom is 0.223 e. The van der Waals surface area contributed by atoms with E-state index in [0.29, 0.717) is 17.2 Å². The summed E-state index contributed by atoms with van der Waals surface area (Å²) in [5.41, 5.74) is 0.357. The van der Waals surface area contributed by atoms with E-state index in [-0.39, 0.29) is 0 Å². The van der Waals surface area contributed by atoms with Gasteiger partial charge in [-0.25, -0.2) is 0 Å². The molecule has 18 heavy (non-hydrogen) atoms. The minimum absolute atomic E-state index is 0.300. The first kappa shape index (κ1) is 13.9. The molecule has 1 aliphatic heterocycles. The van der Waals surface area contributed by atoms with Crippen molar-refractivity contribution in [3.63, 3.8) is 0 Å². The molecule has 0 aromatic rings. The molecule has 0 spiro atoms. The normalized spacial score (nSPS) is 24.7. The summed E-state index contributed by atoms with van der Waals surface area (Å²) in [6, 6.07) is 0. The molecule has 0 bridgehead atoms. The molecule has 0 unspecified atom stereocenters. The van der Waals surface area contributed by atoms with Crippen molar-refractivity contribution in [2.24, 2.45) is 11.3 Å². The molecule has 2 fully saturated rings. The van der Waals surface area contributed by atoms with Crippen LogP contribution in [0.2, 0.25) is 0 Å². The second kappa shape index (κ2) is 6.55. The van der Waals surface area contributed by atoms with Crippen LogP contribution >= 0.6 is 0 Å². The van der Waals surface area contributed by atoms with Crippen LogP contribution in [0.3, 0.4) is 0 Å². The van der Waals surface area contributed by atoms with E-state index in [0.717, 1.165) is 32.5 Å². The third kappa shape index (κ3) is 3.47. The topological polar surface area (TPSA) is 41.1 Å². The fraction of sp³-hybridized carbons (Fsp3) is 0.933. The molecule has 2 aliphatic rings. The third-order valence-corrected chi connectivity index (χ3v) is 5.03. The molecule has 2 N–H and O–H groups in total. The second-order valence-electron chi connectivity index (χ2n) is 6.16. The molecule has 1 amide bonds. The van der Waals surface area contributed by atoms with Crippen LogP contribution in [0, 0.1) is 11.3 Å². The van der Waals surface area contributed by atoms with E-state index < -0.39 is 0 Å². The second-order valence-corrected chi connectivity index (χ2v) is 6.16. The van der Waals surface area contributed by atoms with Crippen LogP contribution in [-0.2, 0) is 4.79 Å². The van der Waals surface area contributed by atoms with E-state index in [2.05, 4.69) is 17.6 Å². The quantitative estimate of drug-likeness (QED) is 0.807. The van der Waals surface area contributed by atoms with E-state index in [1.54, 1.807) is 0 Å². The molecule has 0 atom stereocenters. The largest absolute Gasteiger partial charge is 0.355 e. The molecule has 3 nitrogen and oxygen atoms in total. The Bertz CT molecular complexity index is 266. The van der Waals surface area contributed by atoms with Crippen LogP contribution in [0.4, 0.5) is 0 Å². The SMILES string of the molecule is CCC1(CNC(=O)C2CCCCC2)CCNCC1. The minimum atomic E-state index is 0.300. The van der Waals surface area contributed by atoms with Crippen LogP contribution in [-0.4, -0.2) is 25.5 Å². The summed E-state index contributed by atoms with van der Waals surface area (Å²) in [6.45, 7) is 5.36. The molecule has 0 aromatic carbocycles. The van der Waals surface area contributed by atoms with Crippen LogP contribution in [0.5, 0.6) is 0 Å². The van der Waals surface area contributed by atoms with Crippen molar-refractivity contribution in [2.75, 3.05) is 19.6 Å². The zero-order valence-corrected chi connectivity index (χ0v) is 11.8. The van der Waals surface area contributed by atoms with Gasteiger partial charge in [-0.2, -0.15) is 0 Å². The van der Waals surface area contributed by atoms with Gasteiger partial charge in [0.1, 0.15) is 0 Å². The van der Waals surface area contributed by atoms with Crippen molar-refractivity contribution in [3.8, 4) is 0 Å². The monoisotopic (exact) mass is 252 g/mol. The Labute approximate surface area is 111 Å². The van der Waals surface area contributed by atoms with E-state index in [4.69, 9.17) is 0 Å². The van der Waals surface area contributed by atoms with Crippen LogP contribution in [0.1, 0.15) is 58.3 Å². The van der Waals surface area contributed by atoms with Gasteiger partial charge >= 0.3 is 0 Å². The Balaban J connectivity index is 1.79. The lowest BCUT2D eigenvalue weighted by atomic mass is 9.76. The number of amides is 1. The molecule has 2 rings (SSSR count). The number of carbonyl (C=O) groups is 1. The highest BCUT2D eigenvalue weighted by atomic mass is 16.1. The van der Waals surface area contributed by atoms with Crippen molar-refractivity contribution in [1.29, 1.82) is 0 Å². The maximum absolute atomic E-state index is 12.2. The molecule has 1 saturated heterocycles. The summed E-state index contributed by atoms with van der Waals surface area (Å²) in [6.07, 6.45) is 9.58. The van der Waals surface area contributed by atoms with Gasteiger partial charge in [0.25, 0.3) is 0 Å². The summed E-state index contributed by atoms with van der Waals surface area (Å²) in [5.74, 6) is 0.621. The van der Waals surface area contributed by atoms with Crippen molar-refractivity contribution in [2.45, 2.75) is 58.3 Å². The van der Waals surface area contributed by atoms with Crippen molar-refractivity contribution in [3.05, 3.63) is 0 Å². The number of hydrogen-bond acceptors (Lipinski definition) is 2. The zero-order chi connectivity index (χ0) is 12.8. The van der Waals surface area contributed by atoms with E-state index in [1.165, 1.54) is 38.5 Å². The zero-order valence-electron chi connectivity index (χ0n) is 11.8. The highest BCUT2D eigenvalue weighted by Gasteiger charge is 2.31. The molecular formula is C15H28N2O. The van der Waals surface area contributed by atoms with Gasteiger partial charge in [0.2, 0.25) is 5.91 Å². The van der Waals surface area contributed by atoms with Crippen molar-refractivity contribution < 1.29 is 4.79 Å². The summed E-state index contributed by atoms with van der Waals surface area (Å²) in [5, 5.41) is 6.66. The van der Waals surface area contributed by atoms with Gasteiger partial charge < -0.3 is 10.6 Å². The lowest BCUT2D eigenvalue weighted by Gasteiger charge is -2.37. The first-order valence-corrected chi connectivity index (χ1v) is 7.74. The Morgan fingerprint density at radius 1 is 1.22 bits per heavy atom. The summed E-state index contributed by atoms with van der Waals surface area (Å²) in [7, 11) is 0. The molecule has 0 aromatic heterocycles. The third-order valence-electron chi connectivity index (χ3n) is 5.03. The lowest BCUT2D eigenvalue weighted by Crippen LogP contribution is -2.45. The van der Waals surface area contributed by atoms with Crippen LogP contribution in [0.25, 0.3) is 0 Å². The van der Waals surface area contributed by atoms with Gasteiger partial charge in [0.05, 0.1) is 0 Å². The predicted octanol–water partition coefficient (Wildman–Crippen LogP) is 2.46. The average molecular weight is 252 g/mol. The molecular weight excluding hydrogens is 224 g/mol. The average Bonchev–Trinajstić information content (AvgIpc) is 2.47. The molecule has 104 valence electrons. The Morgan fingerprint density at radius 2 is 1.89 bits per heavy atom. The van der Waals surface area contributed by atoms with Gasteiger partial charge in [-0.1, -0.05) is 26.2 Å². The van der Waals surface area contributed by atoms with Gasteiger partial charge in [0, 0.05) is 12.5 Å². The first-order valence-electron chi connectivity index (χ1n) is 7.74. The summed E-state index contributed by atoms with van der Waals surface area (Å²) < 4.78 is 0. The van der Waals surface area contributed by atoms with Crippen LogP contribution in [0.15, 0.2) is 0 Å². The summed E-state index contributed by atoms with van der Waals surface area (Å²) in [4.78, 5) is 12.2. The number of hydrogen-bond donors (Lipinski definition) is 2. The van der Waals surface area contributed by atoms with E-state index in [9.17, 15) is 4.79 Å². The maximum atomic E-state index is 12.2. The highest BCUT2D eigenvalue weighted by molar-refractivity contribution is 5.78. The Hall–Kier alpha value is -0.570. The van der Waals surface area contributed by atoms with E-state index >= 15 is 0 Å². The summed E-state index contributed by atoms with van der Waals surface area (Å²) >= 11 is 0. The Morgan fingerprint density at radius 3 is 2.50 bits per heavy atom. The predicted molar refractivity (Wildman–Crippen MR) is 74.4 cm³/mol. The van der Waals surface area contributed by atoms with Gasteiger partial charge in [0.15, 0.2) is 0 Å². The van der Waals surface area contributed by atoms with Crippen molar-refractivity contribution in [1.82, 2.24) is 10.6 Å². The molecule has 1 heterocycles. The van der Waals surface area contributed by atoms with Crippen LogP contribution < -0.4 is 10.6 Å². The highest BCUT2D eigenvalue weighted by Crippen LogP contribution is 2.32. The molecule has 1 saturated carbocycles. The number of nitrogens with one attached hydrogen (secondary N) is 2. The molecule has 3 heteroatoms. The number of carbonyl (C=O) groups excluding carboxylic acids is 1. The standard InChI is InChI=1S/C15H28N2O/c1-2-15(8-10-16-11-9-15)12-17-14(18)13-6-4-3-5-7-13/h13,16H,2-12H2,1H3,(H,17,18). The molecule has 1 aliphatic carbocycles. The fourth-order valence-corrected chi connectivity index (χ4v) is 3.40.